The second kappa shape index (κ2) is 7.40. The Hall–Kier alpha value is -2.87. The van der Waals surface area contributed by atoms with Gasteiger partial charge in [-0.25, -0.2) is 0 Å². The van der Waals surface area contributed by atoms with Gasteiger partial charge in [-0.1, -0.05) is 98.6 Å². The van der Waals surface area contributed by atoms with Crippen molar-refractivity contribution in [2.24, 2.45) is 5.41 Å². The molecule has 0 aliphatic heterocycles. The van der Waals surface area contributed by atoms with Crippen molar-refractivity contribution in [3.8, 4) is 22.3 Å². The predicted octanol–water partition coefficient (Wildman–Crippen LogP) is 6.62. The Bertz CT molecular complexity index is 881. The normalized spacial score (nSPS) is 11.3. The summed E-state index contributed by atoms with van der Waals surface area (Å²) in [6.07, 6.45) is 0. The van der Waals surface area contributed by atoms with Gasteiger partial charge in [0.2, 0.25) is 5.91 Å². The average Bonchev–Trinajstić information content (AvgIpc) is 2.63. The van der Waals surface area contributed by atoms with Crippen LogP contribution in [0.4, 0.5) is 5.69 Å². The number of hydrogen-bond acceptors (Lipinski definition) is 1. The fourth-order valence-electron chi connectivity index (χ4n) is 2.94. The van der Waals surface area contributed by atoms with Gasteiger partial charge in [0.1, 0.15) is 0 Å². The van der Waals surface area contributed by atoms with Crippen molar-refractivity contribution >= 4 is 11.6 Å². The zero-order valence-corrected chi connectivity index (χ0v) is 16.8. The minimum Gasteiger partial charge on any atom is -0.325 e. The summed E-state index contributed by atoms with van der Waals surface area (Å²) in [6, 6.07) is 23.0. The molecule has 0 aliphatic rings. The SMILES string of the molecule is Cc1ccc(-c2cccc(-c3ccc(C)cc3)c2NC(=O)C(C)(C)C)cc1. The summed E-state index contributed by atoms with van der Waals surface area (Å²) in [7, 11) is 0. The Kier molecular flexibility index (Phi) is 5.18. The molecule has 138 valence electrons. The number of aryl methyl sites for hydroxylation is 2. The molecule has 0 aromatic heterocycles. The fourth-order valence-corrected chi connectivity index (χ4v) is 2.94. The number of rotatable bonds is 3. The van der Waals surface area contributed by atoms with Crippen molar-refractivity contribution < 1.29 is 4.79 Å². The Morgan fingerprint density at radius 1 is 0.704 bits per heavy atom. The zero-order chi connectivity index (χ0) is 19.6. The molecular formula is C25H27NO. The van der Waals surface area contributed by atoms with Crippen LogP contribution in [0.25, 0.3) is 22.3 Å². The van der Waals surface area contributed by atoms with Gasteiger partial charge in [0, 0.05) is 16.5 Å². The summed E-state index contributed by atoms with van der Waals surface area (Å²) in [6.45, 7) is 9.96. The molecule has 0 unspecified atom stereocenters. The van der Waals surface area contributed by atoms with Crippen molar-refractivity contribution in [3.05, 3.63) is 77.9 Å². The maximum absolute atomic E-state index is 12.8. The highest BCUT2D eigenvalue weighted by Crippen LogP contribution is 2.38. The van der Waals surface area contributed by atoms with E-state index in [9.17, 15) is 4.79 Å². The number of anilines is 1. The maximum Gasteiger partial charge on any atom is 0.229 e. The van der Waals surface area contributed by atoms with Crippen LogP contribution in [0.2, 0.25) is 0 Å². The summed E-state index contributed by atoms with van der Waals surface area (Å²) in [5.41, 5.74) is 7.09. The largest absolute Gasteiger partial charge is 0.325 e. The lowest BCUT2D eigenvalue weighted by molar-refractivity contribution is -0.123. The van der Waals surface area contributed by atoms with Gasteiger partial charge in [0.05, 0.1) is 5.69 Å². The van der Waals surface area contributed by atoms with Gasteiger partial charge in [0.15, 0.2) is 0 Å². The first kappa shape index (κ1) is 18.9. The van der Waals surface area contributed by atoms with E-state index >= 15 is 0 Å². The average molecular weight is 357 g/mol. The summed E-state index contributed by atoms with van der Waals surface area (Å²) in [4.78, 5) is 12.8. The smallest absolute Gasteiger partial charge is 0.229 e. The molecule has 3 aromatic carbocycles. The molecule has 0 aliphatic carbocycles. The zero-order valence-electron chi connectivity index (χ0n) is 16.8. The second-order valence-corrected chi connectivity index (χ2v) is 8.16. The molecule has 0 radical (unpaired) electrons. The van der Waals surface area contributed by atoms with Crippen LogP contribution >= 0.6 is 0 Å². The first-order valence-corrected chi connectivity index (χ1v) is 9.34. The van der Waals surface area contributed by atoms with Gasteiger partial charge >= 0.3 is 0 Å². The first-order valence-electron chi connectivity index (χ1n) is 9.34. The standard InChI is InChI=1S/C25H27NO/c1-17-9-13-19(14-10-17)21-7-6-8-22(20-15-11-18(2)12-16-20)23(21)26-24(27)25(3,4)5/h6-16H,1-5H3,(H,26,27). The van der Waals surface area contributed by atoms with Crippen molar-refractivity contribution in [1.29, 1.82) is 0 Å². The van der Waals surface area contributed by atoms with Crippen LogP contribution in [0, 0.1) is 19.3 Å². The van der Waals surface area contributed by atoms with E-state index in [0.717, 1.165) is 27.9 Å². The number of carbonyl (C=O) groups is 1. The maximum atomic E-state index is 12.8. The van der Waals surface area contributed by atoms with Crippen LogP contribution in [-0.2, 0) is 4.79 Å². The third-order valence-corrected chi connectivity index (χ3v) is 4.71. The highest BCUT2D eigenvalue weighted by Gasteiger charge is 2.24. The lowest BCUT2D eigenvalue weighted by Gasteiger charge is -2.22. The van der Waals surface area contributed by atoms with E-state index in [0.29, 0.717) is 0 Å². The molecular weight excluding hydrogens is 330 g/mol. The molecule has 3 rings (SSSR count). The lowest BCUT2D eigenvalue weighted by Crippen LogP contribution is -2.28. The van der Waals surface area contributed by atoms with E-state index in [-0.39, 0.29) is 5.91 Å². The fraction of sp³-hybridized carbons (Fsp3) is 0.240. The number of benzene rings is 3. The minimum absolute atomic E-state index is 0.00965. The van der Waals surface area contributed by atoms with Crippen molar-refractivity contribution in [2.75, 3.05) is 5.32 Å². The lowest BCUT2D eigenvalue weighted by atomic mass is 9.92. The summed E-state index contributed by atoms with van der Waals surface area (Å²) < 4.78 is 0. The number of amides is 1. The molecule has 2 heteroatoms. The molecule has 0 spiro atoms. The third-order valence-electron chi connectivity index (χ3n) is 4.71. The number of carbonyl (C=O) groups excluding carboxylic acids is 1. The van der Waals surface area contributed by atoms with Gasteiger partial charge in [0.25, 0.3) is 0 Å². The molecule has 27 heavy (non-hydrogen) atoms. The molecule has 0 saturated heterocycles. The molecule has 3 aromatic rings. The van der Waals surface area contributed by atoms with Crippen molar-refractivity contribution in [1.82, 2.24) is 0 Å². The summed E-state index contributed by atoms with van der Waals surface area (Å²) >= 11 is 0. The third kappa shape index (κ3) is 4.28. The Morgan fingerprint density at radius 3 is 1.48 bits per heavy atom. The predicted molar refractivity (Wildman–Crippen MR) is 115 cm³/mol. The van der Waals surface area contributed by atoms with Crippen LogP contribution < -0.4 is 5.32 Å². The highest BCUT2D eigenvalue weighted by molar-refractivity contribution is 6.03. The van der Waals surface area contributed by atoms with E-state index in [1.165, 1.54) is 11.1 Å². The van der Waals surface area contributed by atoms with Crippen molar-refractivity contribution in [3.63, 3.8) is 0 Å². The van der Waals surface area contributed by atoms with E-state index < -0.39 is 5.41 Å². The van der Waals surface area contributed by atoms with Crippen molar-refractivity contribution in [2.45, 2.75) is 34.6 Å². The summed E-state index contributed by atoms with van der Waals surface area (Å²) in [5, 5.41) is 3.21. The van der Waals surface area contributed by atoms with Gasteiger partial charge in [-0.05, 0) is 25.0 Å². The van der Waals surface area contributed by atoms with E-state index in [1.807, 2.05) is 20.8 Å². The Labute approximate surface area is 162 Å². The van der Waals surface area contributed by atoms with Crippen LogP contribution in [0.15, 0.2) is 66.7 Å². The Morgan fingerprint density at radius 2 is 1.11 bits per heavy atom. The number of para-hydroxylation sites is 1. The van der Waals surface area contributed by atoms with Crippen LogP contribution in [0.5, 0.6) is 0 Å². The quantitative estimate of drug-likeness (QED) is 0.560. The molecule has 0 heterocycles. The number of hydrogen-bond donors (Lipinski definition) is 1. The summed E-state index contributed by atoms with van der Waals surface area (Å²) in [5.74, 6) is 0.00965. The highest BCUT2D eigenvalue weighted by atomic mass is 16.2. The van der Waals surface area contributed by atoms with Gasteiger partial charge in [-0.3, -0.25) is 4.79 Å². The molecule has 0 saturated carbocycles. The van der Waals surface area contributed by atoms with Gasteiger partial charge < -0.3 is 5.32 Å². The Balaban J connectivity index is 2.18. The van der Waals surface area contributed by atoms with Gasteiger partial charge in [-0.2, -0.15) is 0 Å². The van der Waals surface area contributed by atoms with E-state index in [4.69, 9.17) is 0 Å². The van der Waals surface area contributed by atoms with Crippen LogP contribution in [0.3, 0.4) is 0 Å². The topological polar surface area (TPSA) is 29.1 Å². The number of nitrogens with one attached hydrogen (secondary N) is 1. The molecule has 0 atom stereocenters. The van der Waals surface area contributed by atoms with E-state index in [1.54, 1.807) is 0 Å². The minimum atomic E-state index is -0.467. The molecule has 0 bridgehead atoms. The first-order chi connectivity index (χ1) is 12.8. The van der Waals surface area contributed by atoms with E-state index in [2.05, 4.69) is 85.9 Å². The molecule has 1 N–H and O–H groups in total. The van der Waals surface area contributed by atoms with Gasteiger partial charge in [-0.15, -0.1) is 0 Å². The monoisotopic (exact) mass is 357 g/mol. The molecule has 0 fully saturated rings. The van der Waals surface area contributed by atoms with Crippen LogP contribution in [-0.4, -0.2) is 5.91 Å². The van der Waals surface area contributed by atoms with Crippen LogP contribution in [0.1, 0.15) is 31.9 Å². The second-order valence-electron chi connectivity index (χ2n) is 8.16. The molecule has 2 nitrogen and oxygen atoms in total. The molecule has 1 amide bonds.